The number of nitrogens with one attached hydrogen (secondary N) is 1. The Labute approximate surface area is 123 Å². The van der Waals surface area contributed by atoms with E-state index in [0.717, 1.165) is 5.56 Å². The van der Waals surface area contributed by atoms with Crippen LogP contribution in [-0.4, -0.2) is 22.6 Å². The van der Waals surface area contributed by atoms with Gasteiger partial charge in [-0.2, -0.15) is 4.98 Å². The van der Waals surface area contributed by atoms with Gasteiger partial charge in [0.05, 0.1) is 12.5 Å². The minimum atomic E-state index is -0.370. The summed E-state index contributed by atoms with van der Waals surface area (Å²) in [7, 11) is 0. The molecule has 1 aromatic carbocycles. The minimum Gasteiger partial charge on any atom is -0.346 e. The number of rotatable bonds is 5. The second-order valence-corrected chi connectivity index (χ2v) is 4.15. The molecule has 0 saturated carbocycles. The van der Waals surface area contributed by atoms with Gasteiger partial charge in [-0.3, -0.25) is 4.79 Å². The maximum atomic E-state index is 12.1. The molecule has 0 radical (unpaired) electrons. The molecule has 108 valence electrons. The second-order valence-electron chi connectivity index (χ2n) is 4.15. The van der Waals surface area contributed by atoms with Crippen LogP contribution in [0.3, 0.4) is 0 Å². The Balaban J connectivity index is 0.00000200. The molecule has 2 aromatic rings. The average molecular weight is 297 g/mol. The first-order chi connectivity index (χ1) is 9.20. The van der Waals surface area contributed by atoms with E-state index in [0.29, 0.717) is 11.7 Å². The van der Waals surface area contributed by atoms with Gasteiger partial charge in [-0.15, -0.1) is 12.4 Å². The highest BCUT2D eigenvalue weighted by atomic mass is 35.5. The van der Waals surface area contributed by atoms with Crippen molar-refractivity contribution in [3.63, 3.8) is 0 Å². The molecule has 0 aliphatic heterocycles. The van der Waals surface area contributed by atoms with E-state index in [-0.39, 0.29) is 37.3 Å². The zero-order valence-electron chi connectivity index (χ0n) is 11.1. The van der Waals surface area contributed by atoms with Gasteiger partial charge in [-0.25, -0.2) is 0 Å². The summed E-state index contributed by atoms with van der Waals surface area (Å²) in [5, 5.41) is 6.40. The number of hydrogen-bond acceptors (Lipinski definition) is 5. The lowest BCUT2D eigenvalue weighted by molar-refractivity contribution is -0.122. The van der Waals surface area contributed by atoms with Crippen molar-refractivity contribution in [3.05, 3.63) is 47.6 Å². The predicted molar refractivity (Wildman–Crippen MR) is 76.4 cm³/mol. The molecule has 1 atom stereocenters. The number of halogens is 1. The zero-order chi connectivity index (χ0) is 13.7. The van der Waals surface area contributed by atoms with Crippen LogP contribution in [0.4, 0.5) is 0 Å². The molecule has 0 saturated heterocycles. The van der Waals surface area contributed by atoms with E-state index in [9.17, 15) is 4.79 Å². The molecule has 0 spiro atoms. The number of nitrogens with zero attached hydrogens (tertiary/aromatic N) is 2. The largest absolute Gasteiger partial charge is 0.346 e. The molecule has 1 heterocycles. The first-order valence-electron chi connectivity index (χ1n) is 6.02. The Morgan fingerprint density at radius 2 is 2.10 bits per heavy atom. The van der Waals surface area contributed by atoms with Crippen LogP contribution in [0, 0.1) is 6.92 Å². The third kappa shape index (κ3) is 4.04. The van der Waals surface area contributed by atoms with E-state index >= 15 is 0 Å². The molecule has 1 amide bonds. The highest BCUT2D eigenvalue weighted by molar-refractivity contribution is 5.85. The molecule has 6 nitrogen and oxygen atoms in total. The van der Waals surface area contributed by atoms with Gasteiger partial charge in [0.15, 0.2) is 5.82 Å². The summed E-state index contributed by atoms with van der Waals surface area (Å²) < 4.78 is 4.93. The fourth-order valence-corrected chi connectivity index (χ4v) is 1.78. The monoisotopic (exact) mass is 296 g/mol. The van der Waals surface area contributed by atoms with Gasteiger partial charge in [0.1, 0.15) is 0 Å². The summed E-state index contributed by atoms with van der Waals surface area (Å²) >= 11 is 0. The lowest BCUT2D eigenvalue weighted by Gasteiger charge is -2.14. The van der Waals surface area contributed by atoms with Crippen molar-refractivity contribution < 1.29 is 9.32 Å². The molecule has 20 heavy (non-hydrogen) atoms. The fraction of sp³-hybridized carbons (Fsp3) is 0.308. The third-order valence-electron chi connectivity index (χ3n) is 2.74. The lowest BCUT2D eigenvalue weighted by Crippen LogP contribution is -2.33. The molecule has 0 bridgehead atoms. The number of nitrogens with two attached hydrogens (primary N) is 1. The quantitative estimate of drug-likeness (QED) is 0.863. The molecule has 1 aromatic heterocycles. The molecule has 2 rings (SSSR count). The van der Waals surface area contributed by atoms with Crippen LogP contribution < -0.4 is 11.1 Å². The summed E-state index contributed by atoms with van der Waals surface area (Å²) in [5.74, 6) is 0.409. The summed E-state index contributed by atoms with van der Waals surface area (Å²) in [5.41, 5.74) is 6.56. The first kappa shape index (κ1) is 16.1. The van der Waals surface area contributed by atoms with Crippen LogP contribution >= 0.6 is 12.4 Å². The molecule has 7 heteroatoms. The Kier molecular flexibility index (Phi) is 6.14. The molecule has 1 unspecified atom stereocenters. The van der Waals surface area contributed by atoms with Crippen LogP contribution in [0.25, 0.3) is 0 Å². The van der Waals surface area contributed by atoms with Crippen molar-refractivity contribution in [1.29, 1.82) is 0 Å². The Morgan fingerprint density at radius 1 is 1.40 bits per heavy atom. The van der Waals surface area contributed by atoms with E-state index < -0.39 is 0 Å². The lowest BCUT2D eigenvalue weighted by atomic mass is 9.98. The first-order valence-corrected chi connectivity index (χ1v) is 6.02. The minimum absolute atomic E-state index is 0. The van der Waals surface area contributed by atoms with E-state index in [4.69, 9.17) is 10.3 Å². The maximum Gasteiger partial charge on any atom is 0.246 e. The van der Waals surface area contributed by atoms with E-state index in [1.54, 1.807) is 6.92 Å². The van der Waals surface area contributed by atoms with Crippen LogP contribution in [0.1, 0.15) is 23.2 Å². The third-order valence-corrected chi connectivity index (χ3v) is 2.74. The smallest absolute Gasteiger partial charge is 0.246 e. The summed E-state index contributed by atoms with van der Waals surface area (Å²) in [4.78, 5) is 16.1. The number of aryl methyl sites for hydroxylation is 1. The van der Waals surface area contributed by atoms with Gasteiger partial charge in [0, 0.05) is 6.54 Å². The predicted octanol–water partition coefficient (Wildman–Crippen LogP) is 1.16. The van der Waals surface area contributed by atoms with E-state index in [2.05, 4.69) is 15.5 Å². The van der Waals surface area contributed by atoms with Crippen LogP contribution in [-0.2, 0) is 11.3 Å². The number of carbonyl (C=O) groups is 1. The molecule has 3 N–H and O–H groups in total. The van der Waals surface area contributed by atoms with Crippen molar-refractivity contribution in [2.24, 2.45) is 5.73 Å². The molecular weight excluding hydrogens is 280 g/mol. The summed E-state index contributed by atoms with van der Waals surface area (Å²) in [6.45, 7) is 2.18. The van der Waals surface area contributed by atoms with E-state index in [1.807, 2.05) is 30.3 Å². The van der Waals surface area contributed by atoms with Gasteiger partial charge in [-0.1, -0.05) is 35.5 Å². The second kappa shape index (κ2) is 7.62. The Hall–Kier alpha value is -1.92. The van der Waals surface area contributed by atoms with Gasteiger partial charge < -0.3 is 15.6 Å². The van der Waals surface area contributed by atoms with Gasteiger partial charge in [0.25, 0.3) is 0 Å². The summed E-state index contributed by atoms with van der Waals surface area (Å²) in [6, 6.07) is 9.43. The molecule has 0 fully saturated rings. The van der Waals surface area contributed by atoms with Crippen molar-refractivity contribution in [1.82, 2.24) is 15.5 Å². The normalized spacial score (nSPS) is 11.5. The average Bonchev–Trinajstić information content (AvgIpc) is 2.84. The van der Waals surface area contributed by atoms with Gasteiger partial charge in [0.2, 0.25) is 11.8 Å². The fourth-order valence-electron chi connectivity index (χ4n) is 1.78. The van der Waals surface area contributed by atoms with Crippen molar-refractivity contribution in [2.45, 2.75) is 19.4 Å². The molecule has 0 aliphatic carbocycles. The zero-order valence-corrected chi connectivity index (χ0v) is 11.9. The maximum absolute atomic E-state index is 12.1. The topological polar surface area (TPSA) is 94.0 Å². The van der Waals surface area contributed by atoms with Gasteiger partial charge >= 0.3 is 0 Å². The SMILES string of the molecule is Cc1noc(CNC(=O)C(CN)c2ccccc2)n1.Cl. The van der Waals surface area contributed by atoms with Crippen LogP contribution in [0.2, 0.25) is 0 Å². The number of benzene rings is 1. The number of amides is 1. The molecular formula is C13H17ClN4O2. The summed E-state index contributed by atoms with van der Waals surface area (Å²) in [6.07, 6.45) is 0. The van der Waals surface area contributed by atoms with Crippen molar-refractivity contribution >= 4 is 18.3 Å². The van der Waals surface area contributed by atoms with Crippen LogP contribution in [0.5, 0.6) is 0 Å². The Bertz CT molecular complexity index is 544. The van der Waals surface area contributed by atoms with Crippen molar-refractivity contribution in [2.75, 3.05) is 6.54 Å². The van der Waals surface area contributed by atoms with Gasteiger partial charge in [-0.05, 0) is 12.5 Å². The van der Waals surface area contributed by atoms with Crippen molar-refractivity contribution in [3.8, 4) is 0 Å². The number of carbonyl (C=O) groups excluding carboxylic acids is 1. The standard InChI is InChI=1S/C13H16N4O2.ClH/c1-9-16-12(19-17-9)8-15-13(18)11(7-14)10-5-3-2-4-6-10;/h2-6,11H,7-8,14H2,1H3,(H,15,18);1H. The molecule has 0 aliphatic rings. The Morgan fingerprint density at radius 3 is 2.65 bits per heavy atom. The number of hydrogen-bond donors (Lipinski definition) is 2. The highest BCUT2D eigenvalue weighted by Crippen LogP contribution is 2.14. The van der Waals surface area contributed by atoms with Crippen LogP contribution in [0.15, 0.2) is 34.9 Å². The number of aromatic nitrogens is 2. The van der Waals surface area contributed by atoms with E-state index in [1.165, 1.54) is 0 Å². The highest BCUT2D eigenvalue weighted by Gasteiger charge is 2.19.